The Kier molecular flexibility index (Phi) is 3.84. The Morgan fingerprint density at radius 1 is 1.32 bits per heavy atom. The first-order chi connectivity index (χ1) is 9.20. The van der Waals surface area contributed by atoms with E-state index in [9.17, 15) is 4.79 Å². The summed E-state index contributed by atoms with van der Waals surface area (Å²) in [5.41, 5.74) is 1.88. The molecule has 2 rings (SSSR count). The molecule has 1 amide bonds. The Labute approximate surface area is 111 Å². The summed E-state index contributed by atoms with van der Waals surface area (Å²) in [5, 5.41) is 8.72. The highest BCUT2D eigenvalue weighted by Crippen LogP contribution is 2.08. The minimum Gasteiger partial charge on any atom is -0.336 e. The molecule has 0 atom stereocenters. The van der Waals surface area contributed by atoms with Gasteiger partial charge in [-0.1, -0.05) is 12.1 Å². The lowest BCUT2D eigenvalue weighted by Crippen LogP contribution is -2.27. The highest BCUT2D eigenvalue weighted by atomic mass is 16.2. The third-order valence-corrected chi connectivity index (χ3v) is 2.63. The fourth-order valence-corrected chi connectivity index (χ4v) is 1.64. The van der Waals surface area contributed by atoms with Crippen LogP contribution in [0, 0.1) is 11.3 Å². The van der Waals surface area contributed by atoms with Crippen LogP contribution in [0.2, 0.25) is 0 Å². The molecule has 1 aromatic carbocycles. The van der Waals surface area contributed by atoms with Crippen molar-refractivity contribution in [2.45, 2.75) is 6.54 Å². The summed E-state index contributed by atoms with van der Waals surface area (Å²) >= 11 is 0. The van der Waals surface area contributed by atoms with Crippen molar-refractivity contribution in [3.05, 3.63) is 59.7 Å². The molecule has 0 aliphatic carbocycles. The van der Waals surface area contributed by atoms with Crippen molar-refractivity contribution >= 4 is 5.91 Å². The molecule has 19 heavy (non-hydrogen) atoms. The van der Waals surface area contributed by atoms with Crippen LogP contribution < -0.4 is 0 Å². The number of amides is 1. The monoisotopic (exact) mass is 252 g/mol. The lowest BCUT2D eigenvalue weighted by atomic mass is 10.1. The Bertz CT molecular complexity index is 602. The summed E-state index contributed by atoms with van der Waals surface area (Å²) in [4.78, 5) is 21.4. The Morgan fingerprint density at radius 3 is 2.63 bits per heavy atom. The summed E-state index contributed by atoms with van der Waals surface area (Å²) in [5.74, 6) is -0.183. The normalized spacial score (nSPS) is 9.68. The van der Waals surface area contributed by atoms with Crippen molar-refractivity contribution in [3.63, 3.8) is 0 Å². The van der Waals surface area contributed by atoms with Crippen LogP contribution >= 0.6 is 0 Å². The Hall–Kier alpha value is -2.74. The van der Waals surface area contributed by atoms with Crippen LogP contribution in [0.25, 0.3) is 0 Å². The SMILES string of the molecule is CN(Cc1ccc(C#N)cc1)C(=O)c1cnccn1. The van der Waals surface area contributed by atoms with Crippen molar-refractivity contribution in [1.29, 1.82) is 5.26 Å². The van der Waals surface area contributed by atoms with Crippen molar-refractivity contribution < 1.29 is 4.79 Å². The molecule has 0 aliphatic rings. The topological polar surface area (TPSA) is 69.9 Å². The van der Waals surface area contributed by atoms with Crippen LogP contribution in [-0.2, 0) is 6.54 Å². The van der Waals surface area contributed by atoms with Gasteiger partial charge in [-0.3, -0.25) is 9.78 Å². The van der Waals surface area contributed by atoms with E-state index in [0.29, 0.717) is 17.8 Å². The number of nitrogens with zero attached hydrogens (tertiary/aromatic N) is 4. The molecular weight excluding hydrogens is 240 g/mol. The van der Waals surface area contributed by atoms with Gasteiger partial charge in [0, 0.05) is 26.0 Å². The summed E-state index contributed by atoms with van der Waals surface area (Å²) < 4.78 is 0. The lowest BCUT2D eigenvalue weighted by Gasteiger charge is -2.16. The Balaban J connectivity index is 2.06. The number of benzene rings is 1. The highest BCUT2D eigenvalue weighted by molar-refractivity contribution is 5.91. The Morgan fingerprint density at radius 2 is 2.05 bits per heavy atom. The number of hydrogen-bond acceptors (Lipinski definition) is 4. The number of nitriles is 1. The minimum atomic E-state index is -0.183. The molecule has 0 radical (unpaired) electrons. The first-order valence-electron chi connectivity index (χ1n) is 5.71. The summed E-state index contributed by atoms with van der Waals surface area (Å²) in [7, 11) is 1.70. The highest BCUT2D eigenvalue weighted by Gasteiger charge is 2.13. The molecule has 0 aliphatic heterocycles. The van der Waals surface area contributed by atoms with E-state index in [1.165, 1.54) is 18.6 Å². The fraction of sp³-hybridized carbons (Fsp3) is 0.143. The largest absolute Gasteiger partial charge is 0.336 e. The zero-order valence-electron chi connectivity index (χ0n) is 10.4. The standard InChI is InChI=1S/C14H12N4O/c1-18(14(19)13-9-16-6-7-17-13)10-12-4-2-11(8-15)3-5-12/h2-7,9H,10H2,1H3. The van der Waals surface area contributed by atoms with Gasteiger partial charge in [-0.15, -0.1) is 0 Å². The third kappa shape index (κ3) is 3.13. The van der Waals surface area contributed by atoms with Crippen molar-refractivity contribution in [3.8, 4) is 6.07 Å². The van der Waals surface area contributed by atoms with E-state index in [1.54, 1.807) is 24.1 Å². The van der Waals surface area contributed by atoms with E-state index in [2.05, 4.69) is 16.0 Å². The number of carbonyl (C=O) groups excluding carboxylic acids is 1. The van der Waals surface area contributed by atoms with Gasteiger partial charge in [0.15, 0.2) is 0 Å². The molecule has 0 bridgehead atoms. The predicted molar refractivity (Wildman–Crippen MR) is 69.0 cm³/mol. The smallest absolute Gasteiger partial charge is 0.274 e. The van der Waals surface area contributed by atoms with Gasteiger partial charge in [0.2, 0.25) is 0 Å². The van der Waals surface area contributed by atoms with E-state index in [-0.39, 0.29) is 5.91 Å². The summed E-state index contributed by atoms with van der Waals surface area (Å²) in [6, 6.07) is 9.19. The molecule has 0 saturated carbocycles. The van der Waals surface area contributed by atoms with E-state index in [0.717, 1.165) is 5.56 Å². The summed E-state index contributed by atoms with van der Waals surface area (Å²) in [6.45, 7) is 0.459. The molecule has 0 saturated heterocycles. The van der Waals surface area contributed by atoms with Gasteiger partial charge in [-0.25, -0.2) is 4.98 Å². The van der Waals surface area contributed by atoms with Gasteiger partial charge in [0.05, 0.1) is 17.8 Å². The van der Waals surface area contributed by atoms with Gasteiger partial charge < -0.3 is 4.90 Å². The van der Waals surface area contributed by atoms with E-state index < -0.39 is 0 Å². The van der Waals surface area contributed by atoms with Crippen molar-refractivity contribution in [1.82, 2.24) is 14.9 Å². The molecule has 0 N–H and O–H groups in total. The third-order valence-electron chi connectivity index (χ3n) is 2.63. The fourth-order valence-electron chi connectivity index (χ4n) is 1.64. The minimum absolute atomic E-state index is 0.183. The van der Waals surface area contributed by atoms with E-state index in [1.807, 2.05) is 12.1 Å². The summed E-state index contributed by atoms with van der Waals surface area (Å²) in [6.07, 6.45) is 4.46. The van der Waals surface area contributed by atoms with Gasteiger partial charge in [0.25, 0.3) is 5.91 Å². The van der Waals surface area contributed by atoms with Crippen LogP contribution in [0.3, 0.4) is 0 Å². The number of hydrogen-bond donors (Lipinski definition) is 0. The second kappa shape index (κ2) is 5.74. The maximum Gasteiger partial charge on any atom is 0.274 e. The molecular formula is C14H12N4O. The van der Waals surface area contributed by atoms with Gasteiger partial charge in [-0.2, -0.15) is 5.26 Å². The number of carbonyl (C=O) groups is 1. The number of rotatable bonds is 3. The lowest BCUT2D eigenvalue weighted by molar-refractivity contribution is 0.0779. The van der Waals surface area contributed by atoms with Crippen LogP contribution in [0.15, 0.2) is 42.9 Å². The zero-order chi connectivity index (χ0) is 13.7. The second-order valence-corrected chi connectivity index (χ2v) is 4.06. The first kappa shape index (κ1) is 12.7. The maximum absolute atomic E-state index is 12.0. The molecule has 1 aromatic heterocycles. The molecule has 2 aromatic rings. The molecule has 1 heterocycles. The molecule has 0 fully saturated rings. The van der Waals surface area contributed by atoms with Gasteiger partial charge in [-0.05, 0) is 17.7 Å². The average molecular weight is 252 g/mol. The van der Waals surface area contributed by atoms with E-state index >= 15 is 0 Å². The maximum atomic E-state index is 12.0. The second-order valence-electron chi connectivity index (χ2n) is 4.06. The quantitative estimate of drug-likeness (QED) is 0.832. The first-order valence-corrected chi connectivity index (χ1v) is 5.71. The average Bonchev–Trinajstić information content (AvgIpc) is 2.48. The van der Waals surface area contributed by atoms with Gasteiger partial charge >= 0.3 is 0 Å². The van der Waals surface area contributed by atoms with Crippen LogP contribution in [0.4, 0.5) is 0 Å². The molecule has 5 nitrogen and oxygen atoms in total. The predicted octanol–water partition coefficient (Wildman–Crippen LogP) is 1.62. The van der Waals surface area contributed by atoms with E-state index in [4.69, 9.17) is 5.26 Å². The van der Waals surface area contributed by atoms with Gasteiger partial charge in [0.1, 0.15) is 5.69 Å². The zero-order valence-corrected chi connectivity index (χ0v) is 10.4. The van der Waals surface area contributed by atoms with Crippen molar-refractivity contribution in [2.24, 2.45) is 0 Å². The van der Waals surface area contributed by atoms with Crippen LogP contribution in [-0.4, -0.2) is 27.8 Å². The molecule has 0 spiro atoms. The molecule has 5 heteroatoms. The van der Waals surface area contributed by atoms with Crippen LogP contribution in [0.1, 0.15) is 21.6 Å². The molecule has 94 valence electrons. The van der Waals surface area contributed by atoms with Crippen LogP contribution in [0.5, 0.6) is 0 Å². The number of aromatic nitrogens is 2. The van der Waals surface area contributed by atoms with Crippen molar-refractivity contribution in [2.75, 3.05) is 7.05 Å². The molecule has 0 unspecified atom stereocenters.